The van der Waals surface area contributed by atoms with Crippen molar-refractivity contribution in [1.29, 1.82) is 0 Å². The van der Waals surface area contributed by atoms with Gasteiger partial charge in [0.2, 0.25) is 0 Å². The summed E-state index contributed by atoms with van der Waals surface area (Å²) in [6, 6.07) is 51.8. The molecule has 0 radical (unpaired) electrons. The Morgan fingerprint density at radius 1 is 0.542 bits per heavy atom. The smallest absolute Gasteiger partial charge is 0.0361 e. The number of thiophene rings is 1. The van der Waals surface area contributed by atoms with Crippen molar-refractivity contribution in [2.24, 2.45) is 0 Å². The van der Waals surface area contributed by atoms with Gasteiger partial charge in [0.05, 0.1) is 0 Å². The summed E-state index contributed by atoms with van der Waals surface area (Å²) in [5.74, 6) is 0. The maximum atomic E-state index is 2.42. The van der Waals surface area contributed by atoms with Crippen molar-refractivity contribution in [3.8, 4) is 11.1 Å². The van der Waals surface area contributed by atoms with Crippen LogP contribution in [0.15, 0.2) is 161 Å². The Balaban J connectivity index is 1.08. The lowest BCUT2D eigenvalue weighted by Crippen LogP contribution is -1.93. The van der Waals surface area contributed by atoms with E-state index in [1.54, 1.807) is 0 Å². The SMILES string of the molecule is C/C(=C\C=C1/Cc2cc3cc4c(cc3cc2S1)sc1ccccc14)c1c2ccccc2c(-c2cccc3ccccc23)c2ccccc12. The molecule has 10 rings (SSSR count). The number of hydrogen-bond acceptors (Lipinski definition) is 2. The van der Waals surface area contributed by atoms with Gasteiger partial charge >= 0.3 is 0 Å². The van der Waals surface area contributed by atoms with Crippen molar-refractivity contribution in [1.82, 2.24) is 0 Å². The van der Waals surface area contributed by atoms with E-state index in [0.29, 0.717) is 0 Å². The Labute approximate surface area is 287 Å². The zero-order valence-electron chi connectivity index (χ0n) is 26.5. The monoisotopic (exact) mass is 646 g/mol. The zero-order valence-corrected chi connectivity index (χ0v) is 28.1. The largest absolute Gasteiger partial charge is 0.135 e. The Hall–Kier alpha value is -5.15. The number of thioether (sulfide) groups is 1. The van der Waals surface area contributed by atoms with Crippen LogP contribution in [0, 0.1) is 0 Å². The van der Waals surface area contributed by atoms with E-state index in [1.807, 2.05) is 23.1 Å². The summed E-state index contributed by atoms with van der Waals surface area (Å²) in [6.45, 7) is 2.28. The molecule has 0 N–H and O–H groups in total. The Morgan fingerprint density at radius 3 is 1.98 bits per heavy atom. The second-order valence-corrected chi connectivity index (χ2v) is 15.1. The van der Waals surface area contributed by atoms with Crippen LogP contribution in [-0.2, 0) is 6.42 Å². The van der Waals surface area contributed by atoms with Gasteiger partial charge in [-0.2, -0.15) is 0 Å². The molecule has 8 aromatic carbocycles. The summed E-state index contributed by atoms with van der Waals surface area (Å²) < 4.78 is 2.73. The van der Waals surface area contributed by atoms with Gasteiger partial charge in [-0.05, 0) is 113 Å². The van der Waals surface area contributed by atoms with Crippen molar-refractivity contribution >= 4 is 91.9 Å². The second kappa shape index (κ2) is 11.0. The van der Waals surface area contributed by atoms with Gasteiger partial charge in [-0.3, -0.25) is 0 Å². The molecule has 0 fully saturated rings. The first kappa shape index (κ1) is 27.9. The molecule has 0 bridgehead atoms. The van der Waals surface area contributed by atoms with Crippen LogP contribution in [0.3, 0.4) is 0 Å². The molecule has 0 unspecified atom stereocenters. The first-order valence-corrected chi connectivity index (χ1v) is 18.2. The maximum absolute atomic E-state index is 2.42. The van der Waals surface area contributed by atoms with Crippen LogP contribution >= 0.6 is 23.1 Å². The van der Waals surface area contributed by atoms with E-state index in [2.05, 4.69) is 159 Å². The number of benzene rings is 8. The third-order valence-corrected chi connectivity index (χ3v) is 12.3. The van der Waals surface area contributed by atoms with Gasteiger partial charge in [0, 0.05) is 31.5 Å². The third kappa shape index (κ3) is 4.37. The summed E-state index contributed by atoms with van der Waals surface area (Å²) in [4.78, 5) is 2.78. The van der Waals surface area contributed by atoms with Crippen LogP contribution in [-0.4, -0.2) is 0 Å². The van der Waals surface area contributed by atoms with Crippen LogP contribution in [0.1, 0.15) is 18.1 Å². The van der Waals surface area contributed by atoms with Gasteiger partial charge < -0.3 is 0 Å². The van der Waals surface area contributed by atoms with Crippen LogP contribution in [0.25, 0.3) is 80.0 Å². The van der Waals surface area contributed by atoms with Crippen molar-refractivity contribution < 1.29 is 0 Å². The first-order chi connectivity index (χ1) is 23.7. The predicted octanol–water partition coefficient (Wildman–Crippen LogP) is 14.0. The first-order valence-electron chi connectivity index (χ1n) is 16.5. The summed E-state index contributed by atoms with van der Waals surface area (Å²) in [5, 5.41) is 13.1. The van der Waals surface area contributed by atoms with E-state index < -0.39 is 0 Å². The van der Waals surface area contributed by atoms with Gasteiger partial charge in [0.15, 0.2) is 0 Å². The molecular formula is C46H30S2. The summed E-state index contributed by atoms with van der Waals surface area (Å²) in [5.41, 5.74) is 6.64. The average molecular weight is 647 g/mol. The molecule has 2 heteroatoms. The van der Waals surface area contributed by atoms with E-state index in [9.17, 15) is 0 Å². The molecule has 0 saturated heterocycles. The summed E-state index contributed by atoms with van der Waals surface area (Å²) in [7, 11) is 0. The minimum Gasteiger partial charge on any atom is -0.135 e. The molecule has 9 aromatic rings. The van der Waals surface area contributed by atoms with Crippen molar-refractivity contribution in [2.75, 3.05) is 0 Å². The lowest BCUT2D eigenvalue weighted by atomic mass is 9.85. The maximum Gasteiger partial charge on any atom is 0.0361 e. The molecule has 0 amide bonds. The van der Waals surface area contributed by atoms with Gasteiger partial charge in [-0.25, -0.2) is 0 Å². The molecule has 1 aromatic heterocycles. The molecule has 0 saturated carbocycles. The fraction of sp³-hybridized carbons (Fsp3) is 0.0435. The number of fused-ring (bicyclic) bond motifs is 8. The van der Waals surface area contributed by atoms with Crippen molar-refractivity contribution in [2.45, 2.75) is 18.2 Å². The highest BCUT2D eigenvalue weighted by Gasteiger charge is 2.20. The van der Waals surface area contributed by atoms with Gasteiger partial charge in [0.1, 0.15) is 0 Å². The average Bonchev–Trinajstić information content (AvgIpc) is 3.70. The third-order valence-electron chi connectivity index (χ3n) is 10.0. The van der Waals surface area contributed by atoms with E-state index in [0.717, 1.165) is 6.42 Å². The molecule has 48 heavy (non-hydrogen) atoms. The number of allylic oxidation sites excluding steroid dienone is 4. The standard InChI is InChI=1S/C46H30S2/c1-28(21-22-33-24-32-23-30-25-41-35-14-8-9-20-42(35)48-44(41)27-31(30)26-43(32)47-33)45-37-15-4-6-17-39(37)46(40-18-7-5-16-38(40)45)36-19-10-12-29-11-2-3-13-34(29)36/h2-23,25-27H,24H2,1H3/b28-21+,33-22+. The topological polar surface area (TPSA) is 0 Å². The Kier molecular flexibility index (Phi) is 6.37. The van der Waals surface area contributed by atoms with Crippen LogP contribution in [0.5, 0.6) is 0 Å². The highest BCUT2D eigenvalue weighted by molar-refractivity contribution is 8.03. The quantitative estimate of drug-likeness (QED) is 0.172. The molecule has 0 atom stereocenters. The lowest BCUT2D eigenvalue weighted by Gasteiger charge is -2.19. The summed E-state index contributed by atoms with van der Waals surface area (Å²) >= 11 is 3.82. The van der Waals surface area contributed by atoms with Gasteiger partial charge in [-0.15, -0.1) is 11.3 Å². The fourth-order valence-electron chi connectivity index (χ4n) is 7.83. The van der Waals surface area contributed by atoms with E-state index >= 15 is 0 Å². The molecule has 226 valence electrons. The lowest BCUT2D eigenvalue weighted by molar-refractivity contribution is 1.22. The van der Waals surface area contributed by atoms with E-state index in [1.165, 1.54) is 101 Å². The molecule has 0 aliphatic carbocycles. The minimum atomic E-state index is 0.976. The molecule has 0 spiro atoms. The van der Waals surface area contributed by atoms with Crippen molar-refractivity contribution in [3.05, 3.63) is 168 Å². The molecule has 1 aliphatic rings. The van der Waals surface area contributed by atoms with Crippen molar-refractivity contribution in [3.63, 3.8) is 0 Å². The highest BCUT2D eigenvalue weighted by atomic mass is 32.2. The predicted molar refractivity (Wildman–Crippen MR) is 213 cm³/mol. The highest BCUT2D eigenvalue weighted by Crippen LogP contribution is 2.46. The summed E-state index contributed by atoms with van der Waals surface area (Å²) in [6.07, 6.45) is 5.68. The fourth-order valence-corrected chi connectivity index (χ4v) is 10.1. The molecule has 1 aliphatic heterocycles. The molecule has 2 heterocycles. The van der Waals surface area contributed by atoms with E-state index in [4.69, 9.17) is 0 Å². The number of rotatable bonds is 3. The minimum absolute atomic E-state index is 0.976. The molecule has 0 nitrogen and oxygen atoms in total. The second-order valence-electron chi connectivity index (χ2n) is 12.9. The van der Waals surface area contributed by atoms with E-state index in [-0.39, 0.29) is 0 Å². The molecular weight excluding hydrogens is 617 g/mol. The normalized spacial score (nSPS) is 14.4. The van der Waals surface area contributed by atoms with Crippen LogP contribution in [0.2, 0.25) is 0 Å². The Morgan fingerprint density at radius 2 is 1.19 bits per heavy atom. The van der Waals surface area contributed by atoms with Crippen LogP contribution in [0.4, 0.5) is 0 Å². The Bertz CT molecular complexity index is 2780. The van der Waals surface area contributed by atoms with Gasteiger partial charge in [0.25, 0.3) is 0 Å². The zero-order chi connectivity index (χ0) is 31.8. The van der Waals surface area contributed by atoms with Gasteiger partial charge in [-0.1, -0.05) is 133 Å². The number of hydrogen-bond donors (Lipinski definition) is 0. The van der Waals surface area contributed by atoms with Crippen LogP contribution < -0.4 is 0 Å².